The van der Waals surface area contributed by atoms with Gasteiger partial charge in [0.25, 0.3) is 0 Å². The number of rotatable bonds is 7. The van der Waals surface area contributed by atoms with Crippen LogP contribution in [0.1, 0.15) is 0 Å². The molecule has 64 heavy (non-hydrogen) atoms. The number of hydrogen-bond acceptors (Lipinski definition) is 0. The van der Waals surface area contributed by atoms with E-state index < -0.39 is 16.1 Å². The Hall–Kier alpha value is -7.24. The van der Waals surface area contributed by atoms with E-state index >= 15 is 0 Å². The number of benzene rings is 10. The Morgan fingerprint density at radius 1 is 0.188 bits per heavy atom. The average molecular weight is 843 g/mol. The van der Waals surface area contributed by atoms with Crippen LogP contribution < -0.4 is 74.3 Å². The molecule has 10 aromatic carbocycles. The van der Waals surface area contributed by atoms with Crippen molar-refractivity contribution in [2.45, 2.75) is 0 Å². The van der Waals surface area contributed by atoms with Crippen molar-refractivity contribution in [1.82, 2.24) is 0 Å². The van der Waals surface area contributed by atoms with Crippen LogP contribution in [0.3, 0.4) is 0 Å². The van der Waals surface area contributed by atoms with E-state index in [0.717, 1.165) is 0 Å². The molecule has 2 heterocycles. The molecule has 0 fully saturated rings. The molecule has 0 aliphatic carbocycles. The molecule has 0 atom stereocenters. The van der Waals surface area contributed by atoms with Crippen LogP contribution in [0.2, 0.25) is 0 Å². The molecule has 0 N–H and O–H groups in total. The van der Waals surface area contributed by atoms with Crippen LogP contribution in [0.4, 0.5) is 0 Å². The minimum absolute atomic E-state index is 0.0341. The van der Waals surface area contributed by atoms with Gasteiger partial charge in [0.15, 0.2) is 16.1 Å². The molecule has 0 spiro atoms. The number of hydrogen-bond donors (Lipinski definition) is 0. The molecule has 2 aliphatic heterocycles. The quantitative estimate of drug-likeness (QED) is 0.215. The SMILES string of the molecule is c1ccc([Si]2(c3ccccc3)c3ccccc3B(c3ccccc3-c3ccccc3B3c4ccccc4[Si](c4ccccc4)(c4ccccc4)c4ccccc43)c3ccccc32)cc1. The molecule has 0 saturated carbocycles. The largest absolute Gasteiger partial charge is 0.241 e. The van der Waals surface area contributed by atoms with E-state index in [0.29, 0.717) is 0 Å². The summed E-state index contributed by atoms with van der Waals surface area (Å²) in [5.74, 6) is 0. The summed E-state index contributed by atoms with van der Waals surface area (Å²) in [5, 5.41) is 11.5. The van der Waals surface area contributed by atoms with Crippen molar-refractivity contribution < 1.29 is 0 Å². The zero-order valence-electron chi connectivity index (χ0n) is 35.6. The molecule has 0 saturated heterocycles. The van der Waals surface area contributed by atoms with Gasteiger partial charge in [0.1, 0.15) is 0 Å². The highest BCUT2D eigenvalue weighted by atomic mass is 28.3. The summed E-state index contributed by atoms with van der Waals surface area (Å²) in [6.45, 7) is 0.0682. The third kappa shape index (κ3) is 5.69. The fourth-order valence-electron chi connectivity index (χ4n) is 12.0. The van der Waals surface area contributed by atoms with Crippen molar-refractivity contribution in [1.29, 1.82) is 0 Å². The average Bonchev–Trinajstić information content (AvgIpc) is 3.38. The molecular formula is C60H44B2Si2. The fourth-order valence-corrected chi connectivity index (χ4v) is 22.5. The van der Waals surface area contributed by atoms with Gasteiger partial charge >= 0.3 is 0 Å². The molecule has 12 rings (SSSR count). The van der Waals surface area contributed by atoms with E-state index in [4.69, 9.17) is 0 Å². The monoisotopic (exact) mass is 842 g/mol. The molecule has 298 valence electrons. The summed E-state index contributed by atoms with van der Waals surface area (Å²) < 4.78 is 0. The van der Waals surface area contributed by atoms with E-state index in [1.54, 1.807) is 0 Å². The normalized spacial score (nSPS) is 14.1. The van der Waals surface area contributed by atoms with Crippen LogP contribution in [0.15, 0.2) is 267 Å². The maximum Gasteiger partial charge on any atom is 0.241 e. The Morgan fingerprint density at radius 2 is 0.391 bits per heavy atom. The lowest BCUT2D eigenvalue weighted by Crippen LogP contribution is -2.86. The second kappa shape index (κ2) is 15.8. The fraction of sp³-hybridized carbons (Fsp3) is 0. The molecule has 0 unspecified atom stereocenters. The lowest BCUT2D eigenvalue weighted by molar-refractivity contribution is 1.64. The minimum atomic E-state index is -2.73. The standard InChI is InChI=1S/C60H44B2Si2/c1-5-25-45(26-6-1)63(46-27-7-2-8-28-46)57-41-21-17-37-53(57)61(54-38-18-22-42-58(54)63)51-35-15-13-33-49(51)50-34-14-16-36-52(50)62-55-39-19-23-43-59(55)64(47-29-9-3-10-30-47,48-31-11-4-12-32-48)60-44-24-20-40-56(60)62/h1-44H. The van der Waals surface area contributed by atoms with E-state index in [9.17, 15) is 0 Å². The van der Waals surface area contributed by atoms with E-state index in [2.05, 4.69) is 267 Å². The Bertz CT molecular complexity index is 2900. The maximum absolute atomic E-state index is 2.73. The summed E-state index contributed by atoms with van der Waals surface area (Å²) in [6, 6.07) is 102. The summed E-state index contributed by atoms with van der Waals surface area (Å²) in [7, 11) is -5.46. The molecule has 10 aromatic rings. The summed E-state index contributed by atoms with van der Waals surface area (Å²) in [5.41, 5.74) is 10.9. The van der Waals surface area contributed by atoms with Gasteiger partial charge in [0, 0.05) is 0 Å². The third-order valence-electron chi connectivity index (χ3n) is 14.4. The smallest absolute Gasteiger partial charge is 0.0683 e. The molecule has 4 heteroatoms. The lowest BCUT2D eigenvalue weighted by atomic mass is 9.34. The predicted molar refractivity (Wildman–Crippen MR) is 281 cm³/mol. The minimum Gasteiger partial charge on any atom is -0.0683 e. The molecule has 0 aromatic heterocycles. The van der Waals surface area contributed by atoms with Gasteiger partial charge in [-0.1, -0.05) is 300 Å². The molecule has 0 radical (unpaired) electrons. The molecule has 0 amide bonds. The topological polar surface area (TPSA) is 0 Å². The van der Waals surface area contributed by atoms with Crippen LogP contribution in [-0.4, -0.2) is 29.6 Å². The van der Waals surface area contributed by atoms with Gasteiger partial charge in [0.2, 0.25) is 13.4 Å². The first-order valence-electron chi connectivity index (χ1n) is 22.6. The summed E-state index contributed by atoms with van der Waals surface area (Å²) >= 11 is 0. The van der Waals surface area contributed by atoms with Gasteiger partial charge < -0.3 is 0 Å². The molecule has 0 bridgehead atoms. The first kappa shape index (κ1) is 38.4. The third-order valence-corrected chi connectivity index (χ3v) is 24.2. The van der Waals surface area contributed by atoms with Gasteiger partial charge in [0.05, 0.1) is 0 Å². The van der Waals surface area contributed by atoms with Crippen molar-refractivity contribution in [2.24, 2.45) is 0 Å². The highest BCUT2D eigenvalue weighted by Gasteiger charge is 2.52. The van der Waals surface area contributed by atoms with Gasteiger partial charge in [-0.25, -0.2) is 0 Å². The van der Waals surface area contributed by atoms with E-state index in [1.807, 2.05) is 0 Å². The van der Waals surface area contributed by atoms with Crippen LogP contribution in [0.5, 0.6) is 0 Å². The molecular weight excluding hydrogens is 798 g/mol. The molecule has 0 nitrogen and oxygen atoms in total. The van der Waals surface area contributed by atoms with Crippen LogP contribution in [0, 0.1) is 0 Å². The van der Waals surface area contributed by atoms with Crippen LogP contribution in [0.25, 0.3) is 11.1 Å². The highest BCUT2D eigenvalue weighted by Crippen LogP contribution is 2.21. The molecule has 2 aliphatic rings. The first-order chi connectivity index (χ1) is 31.8. The van der Waals surface area contributed by atoms with Gasteiger partial charge in [-0.2, -0.15) is 0 Å². The zero-order valence-corrected chi connectivity index (χ0v) is 37.6. The second-order valence-corrected chi connectivity index (χ2v) is 24.8. The van der Waals surface area contributed by atoms with Crippen molar-refractivity contribution in [3.8, 4) is 11.1 Å². The maximum atomic E-state index is 2.45. The summed E-state index contributed by atoms with van der Waals surface area (Å²) in [4.78, 5) is 0. The second-order valence-electron chi connectivity index (χ2n) is 17.4. The van der Waals surface area contributed by atoms with Gasteiger partial charge in [-0.3, -0.25) is 0 Å². The van der Waals surface area contributed by atoms with Crippen molar-refractivity contribution in [2.75, 3.05) is 0 Å². The Kier molecular flexibility index (Phi) is 9.51. The Balaban J connectivity index is 1.10. The van der Waals surface area contributed by atoms with Crippen molar-refractivity contribution in [3.63, 3.8) is 0 Å². The zero-order chi connectivity index (χ0) is 42.5. The number of fused-ring (bicyclic) bond motifs is 4. The highest BCUT2D eigenvalue weighted by molar-refractivity contribution is 7.27. The van der Waals surface area contributed by atoms with Gasteiger partial charge in [-0.15, -0.1) is 0 Å². The lowest BCUT2D eigenvalue weighted by Gasteiger charge is -2.43. The summed E-state index contributed by atoms with van der Waals surface area (Å²) in [6.07, 6.45) is 0. The predicted octanol–water partition coefficient (Wildman–Crippen LogP) is 3.77. The van der Waals surface area contributed by atoms with Crippen LogP contribution in [-0.2, 0) is 0 Å². The van der Waals surface area contributed by atoms with Crippen LogP contribution >= 0.6 is 0 Å². The Morgan fingerprint density at radius 3 is 0.656 bits per heavy atom. The van der Waals surface area contributed by atoms with Crippen molar-refractivity contribution >= 4 is 104 Å². The van der Waals surface area contributed by atoms with E-state index in [-0.39, 0.29) is 13.4 Å². The first-order valence-corrected chi connectivity index (χ1v) is 26.6. The Labute approximate surface area is 379 Å². The van der Waals surface area contributed by atoms with E-state index in [1.165, 1.54) is 85.4 Å². The van der Waals surface area contributed by atoms with Gasteiger partial charge in [-0.05, 0) is 52.6 Å². The van der Waals surface area contributed by atoms with Crippen molar-refractivity contribution in [3.05, 3.63) is 267 Å².